The van der Waals surface area contributed by atoms with Crippen LogP contribution in [0.25, 0.3) is 16.6 Å². The number of likely N-dealkylation sites (tertiary alicyclic amines) is 2. The first-order valence-electron chi connectivity index (χ1n) is 14.2. The molecule has 5 rings (SSSR count). The fourth-order valence-corrected chi connectivity index (χ4v) is 5.82. The molecule has 0 radical (unpaired) electrons. The minimum Gasteiger partial charge on any atom is -0.404 e. The van der Waals surface area contributed by atoms with Gasteiger partial charge in [0.15, 0.2) is 5.82 Å². The smallest absolute Gasteiger partial charge is 0.153 e. The second kappa shape index (κ2) is 12.4. The standard InChI is InChI=1S/C28H43N9O/c1-4-24-27(33-21-9-14-38-18-21)35-25-23(17-32-28(30-2)26(25)34-24)19(15-29)16-31-20-5-12-37(13-6-20)22-7-10-36(3)11-8-22/h15-17,20-22H,4-14,18,29H2,1-3H3,(H,30,32)(H,33,35). The highest BCUT2D eigenvalue weighted by Gasteiger charge is 2.27. The van der Waals surface area contributed by atoms with Crippen LogP contribution in [0.15, 0.2) is 17.4 Å². The summed E-state index contributed by atoms with van der Waals surface area (Å²) in [5.41, 5.74) is 10.2. The third-order valence-corrected chi connectivity index (χ3v) is 8.23. The molecule has 0 amide bonds. The number of nitrogens with zero attached hydrogens (tertiary/aromatic N) is 6. The third kappa shape index (κ3) is 5.92. The van der Waals surface area contributed by atoms with Crippen LogP contribution in [0, 0.1) is 0 Å². The van der Waals surface area contributed by atoms with Gasteiger partial charge in [0, 0.05) is 62.5 Å². The number of allylic oxidation sites excluding steroid dienone is 1. The predicted molar refractivity (Wildman–Crippen MR) is 155 cm³/mol. The number of nitrogens with two attached hydrogens (primary N) is 1. The van der Waals surface area contributed by atoms with Gasteiger partial charge in [-0.25, -0.2) is 15.0 Å². The van der Waals surface area contributed by atoms with Crippen molar-refractivity contribution in [2.24, 2.45) is 10.7 Å². The average Bonchev–Trinajstić information content (AvgIpc) is 3.47. The number of aromatic nitrogens is 3. The lowest BCUT2D eigenvalue weighted by atomic mass is 9.98. The van der Waals surface area contributed by atoms with E-state index in [0.717, 1.165) is 85.1 Å². The second-order valence-electron chi connectivity index (χ2n) is 10.7. The van der Waals surface area contributed by atoms with Gasteiger partial charge in [0.05, 0.1) is 24.4 Å². The van der Waals surface area contributed by atoms with E-state index in [2.05, 4.69) is 39.4 Å². The summed E-state index contributed by atoms with van der Waals surface area (Å²) >= 11 is 0. The second-order valence-corrected chi connectivity index (χ2v) is 10.7. The van der Waals surface area contributed by atoms with Crippen LogP contribution in [-0.2, 0) is 11.2 Å². The van der Waals surface area contributed by atoms with Crippen molar-refractivity contribution in [2.75, 3.05) is 64.1 Å². The van der Waals surface area contributed by atoms with Crippen LogP contribution >= 0.6 is 0 Å². The summed E-state index contributed by atoms with van der Waals surface area (Å²) in [6.07, 6.45) is 11.8. The van der Waals surface area contributed by atoms with Gasteiger partial charge in [-0.1, -0.05) is 6.92 Å². The number of ether oxygens (including phenoxy) is 1. The van der Waals surface area contributed by atoms with Crippen molar-refractivity contribution in [3.05, 3.63) is 23.7 Å². The van der Waals surface area contributed by atoms with Crippen LogP contribution in [-0.4, -0.2) is 103 Å². The minimum absolute atomic E-state index is 0.243. The van der Waals surface area contributed by atoms with Gasteiger partial charge in [-0.15, -0.1) is 0 Å². The van der Waals surface area contributed by atoms with Crippen LogP contribution < -0.4 is 16.4 Å². The lowest BCUT2D eigenvalue weighted by molar-refractivity contribution is 0.0976. The summed E-state index contributed by atoms with van der Waals surface area (Å²) in [4.78, 5) is 24.8. The summed E-state index contributed by atoms with van der Waals surface area (Å²) in [6, 6.07) is 1.28. The first-order chi connectivity index (χ1) is 18.6. The average molecular weight is 522 g/mol. The van der Waals surface area contributed by atoms with Crippen molar-refractivity contribution < 1.29 is 4.74 Å². The van der Waals surface area contributed by atoms with Gasteiger partial charge < -0.3 is 30.9 Å². The van der Waals surface area contributed by atoms with E-state index in [4.69, 9.17) is 25.4 Å². The van der Waals surface area contributed by atoms with Crippen molar-refractivity contribution in [3.8, 4) is 0 Å². The van der Waals surface area contributed by atoms with E-state index in [0.29, 0.717) is 18.5 Å². The zero-order valence-electron chi connectivity index (χ0n) is 23.1. The molecule has 3 aliphatic rings. The molecule has 10 heteroatoms. The number of nitrogens with one attached hydrogen (secondary N) is 2. The van der Waals surface area contributed by atoms with E-state index in [-0.39, 0.29) is 6.04 Å². The molecule has 10 nitrogen and oxygen atoms in total. The number of rotatable bonds is 8. The van der Waals surface area contributed by atoms with E-state index in [1.54, 1.807) is 6.20 Å². The topological polar surface area (TPSA) is 117 Å². The summed E-state index contributed by atoms with van der Waals surface area (Å²) in [5.74, 6) is 1.51. The fraction of sp³-hybridized carbons (Fsp3) is 0.643. The Bertz CT molecular complexity index is 1140. The van der Waals surface area contributed by atoms with Crippen molar-refractivity contribution in [2.45, 2.75) is 63.6 Å². The molecule has 4 N–H and O–H groups in total. The Morgan fingerprint density at radius 2 is 1.89 bits per heavy atom. The van der Waals surface area contributed by atoms with Crippen molar-refractivity contribution in [1.29, 1.82) is 0 Å². The zero-order chi connectivity index (χ0) is 26.5. The number of hydrogen-bond donors (Lipinski definition) is 3. The Morgan fingerprint density at radius 1 is 1.11 bits per heavy atom. The van der Waals surface area contributed by atoms with Gasteiger partial charge in [0.25, 0.3) is 0 Å². The minimum atomic E-state index is 0.243. The lowest BCUT2D eigenvalue weighted by Crippen LogP contribution is -2.47. The van der Waals surface area contributed by atoms with Crippen LogP contribution in [0.5, 0.6) is 0 Å². The highest BCUT2D eigenvalue weighted by Crippen LogP contribution is 2.29. The van der Waals surface area contributed by atoms with E-state index < -0.39 is 0 Å². The van der Waals surface area contributed by atoms with Crippen LogP contribution in [0.1, 0.15) is 50.3 Å². The SMILES string of the molecule is CCc1nc2c(NC)ncc(C(C=NC3CCN(C4CCN(C)CC4)CC3)=CN)c2nc1NC1CCOC1. The van der Waals surface area contributed by atoms with Gasteiger partial charge >= 0.3 is 0 Å². The molecule has 0 bridgehead atoms. The molecular weight excluding hydrogens is 478 g/mol. The van der Waals surface area contributed by atoms with Gasteiger partial charge in [0.1, 0.15) is 16.9 Å². The van der Waals surface area contributed by atoms with Crippen molar-refractivity contribution in [1.82, 2.24) is 24.8 Å². The molecular formula is C28H43N9O. The van der Waals surface area contributed by atoms with Crippen LogP contribution in [0.4, 0.5) is 11.6 Å². The molecule has 3 saturated heterocycles. The number of anilines is 2. The van der Waals surface area contributed by atoms with E-state index in [1.165, 1.54) is 25.9 Å². The van der Waals surface area contributed by atoms with Gasteiger partial charge in [-0.2, -0.15) is 0 Å². The molecule has 5 heterocycles. The van der Waals surface area contributed by atoms with E-state index >= 15 is 0 Å². The first-order valence-corrected chi connectivity index (χ1v) is 14.2. The number of fused-ring (bicyclic) bond motifs is 1. The van der Waals surface area contributed by atoms with Crippen molar-refractivity contribution in [3.63, 3.8) is 0 Å². The maximum absolute atomic E-state index is 6.15. The number of pyridine rings is 1. The molecule has 1 unspecified atom stereocenters. The Labute approximate surface area is 226 Å². The van der Waals surface area contributed by atoms with Crippen LogP contribution in [0.3, 0.4) is 0 Å². The molecule has 206 valence electrons. The maximum Gasteiger partial charge on any atom is 0.153 e. The molecule has 2 aromatic heterocycles. The molecule has 3 fully saturated rings. The van der Waals surface area contributed by atoms with Crippen LogP contribution in [0.2, 0.25) is 0 Å². The number of hydrogen-bond acceptors (Lipinski definition) is 10. The molecule has 0 saturated carbocycles. The highest BCUT2D eigenvalue weighted by molar-refractivity contribution is 6.14. The number of aliphatic imine (C=N–C) groups is 1. The fourth-order valence-electron chi connectivity index (χ4n) is 5.82. The van der Waals surface area contributed by atoms with Gasteiger partial charge in [0.2, 0.25) is 0 Å². The normalized spacial score (nSPS) is 23.0. The lowest BCUT2D eigenvalue weighted by Gasteiger charge is -2.40. The molecule has 1 atom stereocenters. The summed E-state index contributed by atoms with van der Waals surface area (Å²) in [6.45, 7) is 8.19. The molecule has 38 heavy (non-hydrogen) atoms. The maximum atomic E-state index is 6.15. The summed E-state index contributed by atoms with van der Waals surface area (Å²) in [7, 11) is 4.08. The monoisotopic (exact) mass is 521 g/mol. The molecule has 0 spiro atoms. The Hall–Kier alpha value is -2.82. The summed E-state index contributed by atoms with van der Waals surface area (Å²) in [5, 5.41) is 6.73. The largest absolute Gasteiger partial charge is 0.404 e. The van der Waals surface area contributed by atoms with Crippen molar-refractivity contribution >= 4 is 34.5 Å². The quantitative estimate of drug-likeness (QED) is 0.451. The Balaban J connectivity index is 1.35. The number of aryl methyl sites for hydroxylation is 1. The predicted octanol–water partition coefficient (Wildman–Crippen LogP) is 2.76. The Morgan fingerprint density at radius 3 is 2.55 bits per heavy atom. The highest BCUT2D eigenvalue weighted by atomic mass is 16.5. The molecule has 2 aromatic rings. The first kappa shape index (κ1) is 26.8. The Kier molecular flexibility index (Phi) is 8.71. The molecule has 0 aliphatic carbocycles. The number of piperidine rings is 2. The summed E-state index contributed by atoms with van der Waals surface area (Å²) < 4.78 is 5.56. The molecule has 3 aliphatic heterocycles. The molecule has 0 aromatic carbocycles. The van der Waals surface area contributed by atoms with Gasteiger partial charge in [-0.3, -0.25) is 4.99 Å². The zero-order valence-corrected chi connectivity index (χ0v) is 23.1. The van der Waals surface area contributed by atoms with E-state index in [9.17, 15) is 0 Å². The van der Waals surface area contributed by atoms with E-state index in [1.807, 2.05) is 19.5 Å². The third-order valence-electron chi connectivity index (χ3n) is 8.23. The van der Waals surface area contributed by atoms with Gasteiger partial charge in [-0.05, 0) is 58.7 Å².